The third kappa shape index (κ3) is 3.87. The van der Waals surface area contributed by atoms with Crippen molar-refractivity contribution in [2.45, 2.75) is 32.2 Å². The topological polar surface area (TPSA) is 32.3 Å². The number of carbonyl (C=O) groups is 1. The van der Waals surface area contributed by atoms with Crippen LogP contribution in [0.3, 0.4) is 0 Å². The molecule has 0 spiro atoms. The second-order valence-corrected chi connectivity index (χ2v) is 3.88. The Morgan fingerprint density at radius 2 is 2.38 bits per heavy atom. The van der Waals surface area contributed by atoms with Crippen molar-refractivity contribution in [1.29, 1.82) is 0 Å². The SMILES string of the molecule is CNC1CCCN(CCC(C)=O)C1. The van der Waals surface area contributed by atoms with Crippen LogP contribution in [-0.4, -0.2) is 43.4 Å². The maximum absolute atomic E-state index is 10.8. The van der Waals surface area contributed by atoms with E-state index in [0.29, 0.717) is 18.2 Å². The first-order valence-electron chi connectivity index (χ1n) is 5.11. The molecule has 0 saturated carbocycles. The van der Waals surface area contributed by atoms with E-state index in [0.717, 1.165) is 19.6 Å². The molecule has 3 heteroatoms. The van der Waals surface area contributed by atoms with Crippen molar-refractivity contribution in [3.8, 4) is 0 Å². The number of Topliss-reactive ketones (excluding diaryl/α,β-unsaturated/α-hetero) is 1. The number of hydrogen-bond donors (Lipinski definition) is 1. The van der Waals surface area contributed by atoms with Gasteiger partial charge in [-0.3, -0.25) is 4.79 Å². The highest BCUT2D eigenvalue weighted by molar-refractivity contribution is 5.75. The number of likely N-dealkylation sites (N-methyl/N-ethyl adjacent to an activating group) is 1. The molecule has 76 valence electrons. The minimum Gasteiger partial charge on any atom is -0.316 e. The highest BCUT2D eigenvalue weighted by Gasteiger charge is 2.17. The Kier molecular flexibility index (Phi) is 4.39. The molecular formula is C10H20N2O. The Labute approximate surface area is 80.5 Å². The summed E-state index contributed by atoms with van der Waals surface area (Å²) in [6, 6.07) is 0.626. The van der Waals surface area contributed by atoms with Crippen molar-refractivity contribution < 1.29 is 4.79 Å². The van der Waals surface area contributed by atoms with Gasteiger partial charge in [0.2, 0.25) is 0 Å². The van der Waals surface area contributed by atoms with Gasteiger partial charge in [-0.2, -0.15) is 0 Å². The zero-order valence-corrected chi connectivity index (χ0v) is 8.68. The Hall–Kier alpha value is -0.410. The minimum absolute atomic E-state index is 0.298. The van der Waals surface area contributed by atoms with Crippen LogP contribution < -0.4 is 5.32 Å². The lowest BCUT2D eigenvalue weighted by atomic mass is 10.1. The molecule has 1 aliphatic rings. The third-order valence-corrected chi connectivity index (χ3v) is 2.69. The molecule has 0 amide bonds. The number of nitrogens with one attached hydrogen (secondary N) is 1. The van der Waals surface area contributed by atoms with Gasteiger partial charge in [0.1, 0.15) is 5.78 Å². The smallest absolute Gasteiger partial charge is 0.131 e. The Morgan fingerprint density at radius 1 is 1.62 bits per heavy atom. The number of carbonyl (C=O) groups excluding carboxylic acids is 1. The summed E-state index contributed by atoms with van der Waals surface area (Å²) in [7, 11) is 2.01. The van der Waals surface area contributed by atoms with Crippen LogP contribution in [0.4, 0.5) is 0 Å². The van der Waals surface area contributed by atoms with Gasteiger partial charge in [0.15, 0.2) is 0 Å². The minimum atomic E-state index is 0.298. The number of nitrogens with zero attached hydrogens (tertiary/aromatic N) is 1. The van der Waals surface area contributed by atoms with Gasteiger partial charge in [-0.1, -0.05) is 0 Å². The van der Waals surface area contributed by atoms with Gasteiger partial charge in [-0.05, 0) is 33.4 Å². The van der Waals surface area contributed by atoms with E-state index in [1.54, 1.807) is 6.92 Å². The average molecular weight is 184 g/mol. The molecule has 0 aromatic rings. The quantitative estimate of drug-likeness (QED) is 0.696. The van der Waals surface area contributed by atoms with E-state index in [4.69, 9.17) is 0 Å². The normalized spacial score (nSPS) is 24.6. The molecule has 0 aliphatic carbocycles. The second-order valence-electron chi connectivity index (χ2n) is 3.88. The summed E-state index contributed by atoms with van der Waals surface area (Å²) >= 11 is 0. The highest BCUT2D eigenvalue weighted by atomic mass is 16.1. The number of piperidine rings is 1. The van der Waals surface area contributed by atoms with Gasteiger partial charge in [0.05, 0.1) is 0 Å². The molecule has 1 saturated heterocycles. The maximum Gasteiger partial charge on any atom is 0.131 e. The first-order valence-corrected chi connectivity index (χ1v) is 5.11. The van der Waals surface area contributed by atoms with Crippen LogP contribution in [-0.2, 0) is 4.79 Å². The molecule has 3 nitrogen and oxygen atoms in total. The van der Waals surface area contributed by atoms with Crippen molar-refractivity contribution in [1.82, 2.24) is 10.2 Å². The summed E-state index contributed by atoms with van der Waals surface area (Å²) in [6.07, 6.45) is 3.23. The number of hydrogen-bond acceptors (Lipinski definition) is 3. The van der Waals surface area contributed by atoms with Crippen molar-refractivity contribution in [3.63, 3.8) is 0 Å². The van der Waals surface area contributed by atoms with E-state index in [-0.39, 0.29) is 0 Å². The molecule has 13 heavy (non-hydrogen) atoms. The van der Waals surface area contributed by atoms with Crippen LogP contribution in [0.25, 0.3) is 0 Å². The Morgan fingerprint density at radius 3 is 3.00 bits per heavy atom. The zero-order chi connectivity index (χ0) is 9.68. The number of rotatable bonds is 4. The molecule has 1 aliphatic heterocycles. The van der Waals surface area contributed by atoms with E-state index >= 15 is 0 Å². The lowest BCUT2D eigenvalue weighted by molar-refractivity contribution is -0.117. The molecule has 1 rings (SSSR count). The summed E-state index contributed by atoms with van der Waals surface area (Å²) in [5.74, 6) is 0.298. The Bertz CT molecular complexity index is 170. The van der Waals surface area contributed by atoms with Crippen LogP contribution in [0.15, 0.2) is 0 Å². The number of likely N-dealkylation sites (tertiary alicyclic amines) is 1. The van der Waals surface area contributed by atoms with Crippen LogP contribution in [0.5, 0.6) is 0 Å². The monoisotopic (exact) mass is 184 g/mol. The zero-order valence-electron chi connectivity index (χ0n) is 8.68. The lowest BCUT2D eigenvalue weighted by Gasteiger charge is -2.32. The van der Waals surface area contributed by atoms with Crippen molar-refractivity contribution in [2.24, 2.45) is 0 Å². The predicted molar refractivity (Wildman–Crippen MR) is 53.8 cm³/mol. The molecule has 1 heterocycles. The van der Waals surface area contributed by atoms with E-state index in [9.17, 15) is 4.79 Å². The van der Waals surface area contributed by atoms with Gasteiger partial charge in [-0.25, -0.2) is 0 Å². The van der Waals surface area contributed by atoms with E-state index in [1.807, 2.05) is 7.05 Å². The fourth-order valence-electron chi connectivity index (χ4n) is 1.81. The summed E-state index contributed by atoms with van der Waals surface area (Å²) in [5, 5.41) is 3.29. The van der Waals surface area contributed by atoms with Crippen LogP contribution in [0, 0.1) is 0 Å². The molecule has 1 fully saturated rings. The van der Waals surface area contributed by atoms with Gasteiger partial charge >= 0.3 is 0 Å². The van der Waals surface area contributed by atoms with Crippen molar-refractivity contribution in [2.75, 3.05) is 26.7 Å². The molecule has 0 radical (unpaired) electrons. The van der Waals surface area contributed by atoms with Gasteiger partial charge < -0.3 is 10.2 Å². The van der Waals surface area contributed by atoms with Crippen molar-refractivity contribution >= 4 is 5.78 Å². The van der Waals surface area contributed by atoms with Crippen molar-refractivity contribution in [3.05, 3.63) is 0 Å². The maximum atomic E-state index is 10.8. The van der Waals surface area contributed by atoms with Crippen LogP contribution in [0.2, 0.25) is 0 Å². The Balaban J connectivity index is 2.21. The standard InChI is InChI=1S/C10H20N2O/c1-9(13)5-7-12-6-3-4-10(8-12)11-2/h10-11H,3-8H2,1-2H3. The molecular weight excluding hydrogens is 164 g/mol. The van der Waals surface area contributed by atoms with Gasteiger partial charge in [0, 0.05) is 25.6 Å². The second kappa shape index (κ2) is 5.35. The highest BCUT2D eigenvalue weighted by Crippen LogP contribution is 2.09. The molecule has 1 unspecified atom stereocenters. The molecule has 0 aromatic heterocycles. The summed E-state index contributed by atoms with van der Waals surface area (Å²) in [4.78, 5) is 13.2. The summed E-state index contributed by atoms with van der Waals surface area (Å²) in [6.45, 7) is 4.86. The lowest BCUT2D eigenvalue weighted by Crippen LogP contribution is -2.44. The molecule has 1 atom stereocenters. The molecule has 0 bridgehead atoms. The van der Waals surface area contributed by atoms with Gasteiger partial charge in [0.25, 0.3) is 0 Å². The first-order chi connectivity index (χ1) is 6.22. The first kappa shape index (κ1) is 10.7. The van der Waals surface area contributed by atoms with E-state index < -0.39 is 0 Å². The molecule has 1 N–H and O–H groups in total. The van der Waals surface area contributed by atoms with E-state index in [1.165, 1.54) is 12.8 Å². The third-order valence-electron chi connectivity index (χ3n) is 2.69. The van der Waals surface area contributed by atoms with Gasteiger partial charge in [-0.15, -0.1) is 0 Å². The fraction of sp³-hybridized carbons (Fsp3) is 0.900. The van der Waals surface area contributed by atoms with Crippen LogP contribution >= 0.6 is 0 Å². The largest absolute Gasteiger partial charge is 0.316 e. The molecule has 0 aromatic carbocycles. The summed E-state index contributed by atoms with van der Waals surface area (Å²) < 4.78 is 0. The predicted octanol–water partition coefficient (Wildman–Crippen LogP) is 0.649. The average Bonchev–Trinajstić information content (AvgIpc) is 2.15. The fourth-order valence-corrected chi connectivity index (χ4v) is 1.81. The summed E-state index contributed by atoms with van der Waals surface area (Å²) in [5.41, 5.74) is 0. The van der Waals surface area contributed by atoms with E-state index in [2.05, 4.69) is 10.2 Å². The van der Waals surface area contributed by atoms with Crippen LogP contribution in [0.1, 0.15) is 26.2 Å². The number of ketones is 1.